The van der Waals surface area contributed by atoms with Crippen LogP contribution in [0, 0.1) is 0 Å². The summed E-state index contributed by atoms with van der Waals surface area (Å²) in [4.78, 5) is 35.5. The van der Waals surface area contributed by atoms with E-state index in [0.29, 0.717) is 5.69 Å². The van der Waals surface area contributed by atoms with Gasteiger partial charge in [0, 0.05) is 31.8 Å². The van der Waals surface area contributed by atoms with Gasteiger partial charge < -0.3 is 5.32 Å². The van der Waals surface area contributed by atoms with Gasteiger partial charge in [0.15, 0.2) is 0 Å². The van der Waals surface area contributed by atoms with E-state index in [1.165, 1.54) is 0 Å². The molecule has 0 spiro atoms. The van der Waals surface area contributed by atoms with E-state index in [1.807, 2.05) is 0 Å². The summed E-state index contributed by atoms with van der Waals surface area (Å²) in [7, 11) is -3.67. The van der Waals surface area contributed by atoms with E-state index >= 15 is 0 Å². The second-order valence-electron chi connectivity index (χ2n) is 5.76. The number of aromatic nitrogens is 2. The zero-order valence-electron chi connectivity index (χ0n) is 13.7. The normalized spacial score (nSPS) is 14.8. The summed E-state index contributed by atoms with van der Waals surface area (Å²) < 4.78 is 28.2. The first-order chi connectivity index (χ1) is 12.3. The topological polar surface area (TPSA) is 130 Å². The predicted molar refractivity (Wildman–Crippen MR) is 91.6 cm³/mol. The number of hydrogen-bond donors (Lipinski definition) is 2. The fourth-order valence-corrected chi connectivity index (χ4v) is 3.50. The highest BCUT2D eigenvalue weighted by Gasteiger charge is 2.30. The first kappa shape index (κ1) is 17.9. The maximum absolute atomic E-state index is 12.1. The number of amides is 3. The maximum atomic E-state index is 12.1. The minimum absolute atomic E-state index is 0.103. The molecule has 2 N–H and O–H groups in total. The molecule has 1 aliphatic rings. The van der Waals surface area contributed by atoms with Crippen LogP contribution in [0.1, 0.15) is 12.8 Å². The number of carbonyl (C=O) groups excluding carboxylic acids is 3. The first-order valence-corrected chi connectivity index (χ1v) is 9.53. The number of carbonyl (C=O) groups is 3. The number of nitrogens with one attached hydrogen (secondary N) is 2. The zero-order chi connectivity index (χ0) is 18.7. The molecule has 0 unspecified atom stereocenters. The van der Waals surface area contributed by atoms with Crippen molar-refractivity contribution < 1.29 is 22.8 Å². The Morgan fingerprint density at radius 3 is 2.65 bits per heavy atom. The highest BCUT2D eigenvalue weighted by atomic mass is 32.2. The van der Waals surface area contributed by atoms with Gasteiger partial charge in [-0.2, -0.15) is 5.10 Å². The van der Waals surface area contributed by atoms with Crippen LogP contribution in [0.15, 0.2) is 30.6 Å². The Hall–Kier alpha value is -2.95. The summed E-state index contributed by atoms with van der Waals surface area (Å²) in [5.41, 5.74) is 1.12. The smallest absolute Gasteiger partial charge is 0.240 e. The van der Waals surface area contributed by atoms with Gasteiger partial charge >= 0.3 is 0 Å². The molecule has 0 aromatic carbocycles. The lowest BCUT2D eigenvalue weighted by Crippen LogP contribution is -2.41. The summed E-state index contributed by atoms with van der Waals surface area (Å²) in [5.74, 6) is -1.71. The monoisotopic (exact) mass is 379 g/mol. The molecule has 0 atom stereocenters. The Morgan fingerprint density at radius 2 is 1.92 bits per heavy atom. The number of imide groups is 1. The lowest BCUT2D eigenvalue weighted by Gasteiger charge is -2.13. The van der Waals surface area contributed by atoms with Crippen LogP contribution >= 0.6 is 0 Å². The van der Waals surface area contributed by atoms with Crippen LogP contribution in [-0.2, 0) is 24.4 Å². The fourth-order valence-electron chi connectivity index (χ4n) is 2.54. The average molecular weight is 379 g/mol. The molecule has 10 nitrogen and oxygen atoms in total. The van der Waals surface area contributed by atoms with Crippen molar-refractivity contribution in [3.8, 4) is 0 Å². The molecule has 1 saturated heterocycles. The Morgan fingerprint density at radius 1 is 1.19 bits per heavy atom. The molecular weight excluding hydrogens is 362 g/mol. The molecule has 1 fully saturated rings. The second kappa shape index (κ2) is 7.12. The van der Waals surface area contributed by atoms with Crippen molar-refractivity contribution in [1.82, 2.24) is 19.8 Å². The largest absolute Gasteiger partial charge is 0.353 e. The number of fused-ring (bicyclic) bond motifs is 1. The number of pyridine rings is 1. The van der Waals surface area contributed by atoms with Crippen molar-refractivity contribution in [2.75, 3.05) is 23.6 Å². The van der Waals surface area contributed by atoms with Crippen LogP contribution in [-0.4, -0.2) is 59.5 Å². The molecule has 0 saturated carbocycles. The highest BCUT2D eigenvalue weighted by molar-refractivity contribution is 7.92. The number of likely N-dealkylation sites (tertiary alicyclic amines) is 1. The van der Waals surface area contributed by atoms with Crippen LogP contribution in [0.3, 0.4) is 0 Å². The van der Waals surface area contributed by atoms with Gasteiger partial charge in [0.2, 0.25) is 27.7 Å². The van der Waals surface area contributed by atoms with Gasteiger partial charge in [0.25, 0.3) is 0 Å². The lowest BCUT2D eigenvalue weighted by atomic mass is 10.4. The van der Waals surface area contributed by atoms with Crippen molar-refractivity contribution in [3.05, 3.63) is 30.6 Å². The summed E-state index contributed by atoms with van der Waals surface area (Å²) in [6.07, 6.45) is 3.43. The molecular formula is C15H17N5O5S. The standard InChI is InChI=1S/C15H17N5O5S/c21-13(10-19-14(22)1-2-15(19)23)16-6-8-26(24,25)18-11-4-7-20-12(9-11)3-5-17-20/h3-5,7,9,18H,1-2,6,8,10H2,(H,16,21). The Kier molecular flexibility index (Phi) is 4.89. The van der Waals surface area contributed by atoms with Gasteiger partial charge in [0.05, 0.1) is 17.0 Å². The molecule has 0 aliphatic carbocycles. The average Bonchev–Trinajstić information content (AvgIpc) is 3.15. The quantitative estimate of drug-likeness (QED) is 0.615. The van der Waals surface area contributed by atoms with E-state index in [1.54, 1.807) is 35.1 Å². The van der Waals surface area contributed by atoms with Crippen LogP contribution < -0.4 is 10.0 Å². The third kappa shape index (κ3) is 4.17. The highest BCUT2D eigenvalue weighted by Crippen LogP contribution is 2.13. The second-order valence-corrected chi connectivity index (χ2v) is 7.60. The van der Waals surface area contributed by atoms with Crippen molar-refractivity contribution in [2.45, 2.75) is 12.8 Å². The van der Waals surface area contributed by atoms with Gasteiger partial charge in [-0.1, -0.05) is 0 Å². The molecule has 2 aromatic heterocycles. The fraction of sp³-hybridized carbons (Fsp3) is 0.333. The third-order valence-corrected chi connectivity index (χ3v) is 5.11. The minimum atomic E-state index is -3.67. The molecule has 3 amide bonds. The molecule has 3 rings (SSSR count). The number of rotatable bonds is 7. The van der Waals surface area contributed by atoms with Gasteiger partial charge in [-0.3, -0.25) is 24.0 Å². The first-order valence-electron chi connectivity index (χ1n) is 7.88. The summed E-state index contributed by atoms with van der Waals surface area (Å²) in [5, 5.41) is 6.42. The van der Waals surface area contributed by atoms with E-state index in [9.17, 15) is 22.8 Å². The van der Waals surface area contributed by atoms with Crippen LogP contribution in [0.2, 0.25) is 0 Å². The lowest BCUT2D eigenvalue weighted by molar-refractivity contribution is -0.142. The van der Waals surface area contributed by atoms with Crippen molar-refractivity contribution in [1.29, 1.82) is 0 Å². The van der Waals surface area contributed by atoms with Crippen molar-refractivity contribution in [2.24, 2.45) is 0 Å². The van der Waals surface area contributed by atoms with E-state index in [2.05, 4.69) is 15.1 Å². The van der Waals surface area contributed by atoms with E-state index in [0.717, 1.165) is 10.4 Å². The maximum Gasteiger partial charge on any atom is 0.240 e. The van der Waals surface area contributed by atoms with Gasteiger partial charge in [-0.05, 0) is 18.2 Å². The summed E-state index contributed by atoms with van der Waals surface area (Å²) >= 11 is 0. The number of nitrogens with zero attached hydrogens (tertiary/aromatic N) is 3. The van der Waals surface area contributed by atoms with Crippen LogP contribution in [0.25, 0.3) is 5.52 Å². The van der Waals surface area contributed by atoms with Crippen molar-refractivity contribution in [3.63, 3.8) is 0 Å². The molecule has 26 heavy (non-hydrogen) atoms. The molecule has 0 radical (unpaired) electrons. The summed E-state index contributed by atoms with van der Waals surface area (Å²) in [6, 6.07) is 4.94. The van der Waals surface area contributed by atoms with Gasteiger partial charge in [-0.25, -0.2) is 12.9 Å². The Balaban J connectivity index is 1.49. The predicted octanol–water partition coefficient (Wildman–Crippen LogP) is -0.659. The van der Waals surface area contributed by atoms with Crippen LogP contribution in [0.5, 0.6) is 0 Å². The summed E-state index contributed by atoms with van der Waals surface area (Å²) in [6.45, 7) is -0.525. The van der Waals surface area contributed by atoms with Crippen molar-refractivity contribution >= 4 is 38.9 Å². The third-order valence-electron chi connectivity index (χ3n) is 3.82. The van der Waals surface area contributed by atoms with E-state index in [4.69, 9.17) is 0 Å². The number of anilines is 1. The Bertz CT molecular complexity index is 952. The number of hydrogen-bond acceptors (Lipinski definition) is 6. The molecule has 0 bridgehead atoms. The molecule has 11 heteroatoms. The zero-order valence-corrected chi connectivity index (χ0v) is 14.5. The van der Waals surface area contributed by atoms with E-state index < -0.39 is 27.7 Å². The van der Waals surface area contributed by atoms with E-state index in [-0.39, 0.29) is 31.7 Å². The Labute approximate surface area is 149 Å². The SMILES string of the molecule is O=C(CN1C(=O)CCC1=O)NCCS(=O)(=O)Nc1ccn2nccc2c1. The van der Waals surface area contributed by atoms with Gasteiger partial charge in [0.1, 0.15) is 6.54 Å². The molecule has 138 valence electrons. The molecule has 2 aromatic rings. The number of sulfonamides is 1. The van der Waals surface area contributed by atoms with Gasteiger partial charge in [-0.15, -0.1) is 0 Å². The molecule has 1 aliphatic heterocycles. The minimum Gasteiger partial charge on any atom is -0.353 e. The van der Waals surface area contributed by atoms with Crippen LogP contribution in [0.4, 0.5) is 5.69 Å². The molecule has 3 heterocycles.